The molecule has 1 heterocycles. The van der Waals surface area contributed by atoms with Crippen molar-refractivity contribution in [3.05, 3.63) is 52.0 Å². The Kier molecular flexibility index (Phi) is 6.77. The van der Waals surface area contributed by atoms with Crippen molar-refractivity contribution >= 4 is 23.3 Å². The maximum Gasteiger partial charge on any atom is 0.244 e. The Hall–Kier alpha value is -2.18. The first-order valence-electron chi connectivity index (χ1n) is 7.38. The van der Waals surface area contributed by atoms with Crippen molar-refractivity contribution in [2.45, 2.75) is 20.0 Å². The van der Waals surface area contributed by atoms with E-state index < -0.39 is 0 Å². The minimum atomic E-state index is -0.169. The molecule has 1 aromatic carbocycles. The van der Waals surface area contributed by atoms with Crippen LogP contribution in [-0.2, 0) is 11.4 Å². The number of aliphatic hydroxyl groups is 1. The van der Waals surface area contributed by atoms with Crippen LogP contribution in [0.3, 0.4) is 0 Å². The molecule has 0 aliphatic carbocycles. The van der Waals surface area contributed by atoms with Crippen LogP contribution in [0, 0.1) is 6.92 Å². The molecule has 0 atom stereocenters. The zero-order chi connectivity index (χ0) is 16.5. The van der Waals surface area contributed by atoms with Gasteiger partial charge in [-0.1, -0.05) is 12.1 Å². The van der Waals surface area contributed by atoms with Crippen molar-refractivity contribution < 1.29 is 14.6 Å². The fraction of sp³-hybridized carbons (Fsp3) is 0.294. The number of amides is 1. The molecule has 23 heavy (non-hydrogen) atoms. The predicted molar refractivity (Wildman–Crippen MR) is 91.4 cm³/mol. The van der Waals surface area contributed by atoms with Gasteiger partial charge in [-0.15, -0.1) is 11.3 Å². The van der Waals surface area contributed by atoms with E-state index in [2.05, 4.69) is 10.3 Å². The second-order valence-corrected chi connectivity index (χ2v) is 5.98. The van der Waals surface area contributed by atoms with Gasteiger partial charge in [-0.3, -0.25) is 4.79 Å². The lowest BCUT2D eigenvalue weighted by Gasteiger charge is -2.04. The van der Waals surface area contributed by atoms with Crippen molar-refractivity contribution in [2.75, 3.05) is 13.2 Å². The highest BCUT2D eigenvalue weighted by molar-refractivity contribution is 7.09. The number of benzene rings is 1. The number of rotatable bonds is 8. The third-order valence-electron chi connectivity index (χ3n) is 2.99. The van der Waals surface area contributed by atoms with E-state index >= 15 is 0 Å². The van der Waals surface area contributed by atoms with E-state index in [4.69, 9.17) is 9.84 Å². The standard InChI is InChI=1S/C17H20N2O3S/c1-13-19-15(12-23-13)11-22-16-6-3-14(4-7-16)5-8-17(21)18-9-2-10-20/h3-8,12,20H,2,9-11H2,1H3,(H,18,21)/b8-5+. The average Bonchev–Trinajstić information content (AvgIpc) is 2.98. The van der Waals surface area contributed by atoms with Gasteiger partial charge in [0, 0.05) is 24.6 Å². The molecule has 0 bridgehead atoms. The summed E-state index contributed by atoms with van der Waals surface area (Å²) in [6.07, 6.45) is 3.78. The summed E-state index contributed by atoms with van der Waals surface area (Å²) in [5.41, 5.74) is 1.84. The first kappa shape index (κ1) is 17.2. The maximum atomic E-state index is 11.5. The van der Waals surface area contributed by atoms with Crippen LogP contribution in [-0.4, -0.2) is 29.1 Å². The second-order valence-electron chi connectivity index (χ2n) is 4.92. The molecule has 0 fully saturated rings. The smallest absolute Gasteiger partial charge is 0.244 e. The van der Waals surface area contributed by atoms with Crippen LogP contribution in [0.2, 0.25) is 0 Å². The Morgan fingerprint density at radius 3 is 2.83 bits per heavy atom. The van der Waals surface area contributed by atoms with E-state index in [9.17, 15) is 4.79 Å². The summed E-state index contributed by atoms with van der Waals surface area (Å²) in [5.74, 6) is 0.595. The molecule has 1 aromatic heterocycles. The Morgan fingerprint density at radius 2 is 2.17 bits per heavy atom. The number of nitrogens with one attached hydrogen (secondary N) is 1. The number of aromatic nitrogens is 1. The fourth-order valence-electron chi connectivity index (χ4n) is 1.83. The third-order valence-corrected chi connectivity index (χ3v) is 3.82. The Balaban J connectivity index is 1.80. The summed E-state index contributed by atoms with van der Waals surface area (Å²) in [5, 5.41) is 14.4. The molecule has 2 N–H and O–H groups in total. The Labute approximate surface area is 139 Å². The van der Waals surface area contributed by atoms with E-state index in [0.717, 1.165) is 22.0 Å². The third kappa shape index (κ3) is 6.22. The summed E-state index contributed by atoms with van der Waals surface area (Å²) in [6.45, 7) is 2.97. The van der Waals surface area contributed by atoms with Gasteiger partial charge in [-0.25, -0.2) is 4.98 Å². The van der Waals surface area contributed by atoms with Gasteiger partial charge in [-0.05, 0) is 37.1 Å². The zero-order valence-corrected chi connectivity index (χ0v) is 13.8. The molecule has 0 radical (unpaired) electrons. The quantitative estimate of drug-likeness (QED) is 0.576. The number of carbonyl (C=O) groups is 1. The van der Waals surface area contributed by atoms with Gasteiger partial charge >= 0.3 is 0 Å². The number of aryl methyl sites for hydroxylation is 1. The van der Waals surface area contributed by atoms with Crippen LogP contribution in [0.25, 0.3) is 6.08 Å². The fourth-order valence-corrected chi connectivity index (χ4v) is 2.43. The molecule has 0 unspecified atom stereocenters. The van der Waals surface area contributed by atoms with Crippen molar-refractivity contribution in [2.24, 2.45) is 0 Å². The van der Waals surface area contributed by atoms with Gasteiger partial charge in [0.25, 0.3) is 0 Å². The Bertz CT molecular complexity index is 650. The molecular weight excluding hydrogens is 312 g/mol. The molecule has 0 aliphatic rings. The largest absolute Gasteiger partial charge is 0.487 e. The lowest BCUT2D eigenvalue weighted by molar-refractivity contribution is -0.116. The number of hydrogen-bond donors (Lipinski definition) is 2. The van der Waals surface area contributed by atoms with E-state index in [1.54, 1.807) is 17.4 Å². The number of thiazole rings is 1. The Morgan fingerprint density at radius 1 is 1.39 bits per heavy atom. The molecule has 0 saturated heterocycles. The molecule has 6 heteroatoms. The summed E-state index contributed by atoms with van der Waals surface area (Å²) in [6, 6.07) is 7.50. The number of carbonyl (C=O) groups excluding carboxylic acids is 1. The van der Waals surface area contributed by atoms with Gasteiger partial charge in [-0.2, -0.15) is 0 Å². The summed E-state index contributed by atoms with van der Waals surface area (Å²) < 4.78 is 5.67. The lowest BCUT2D eigenvalue weighted by atomic mass is 10.2. The second kappa shape index (κ2) is 9.07. The molecule has 0 spiro atoms. The highest BCUT2D eigenvalue weighted by Crippen LogP contribution is 2.16. The van der Waals surface area contributed by atoms with Crippen LogP contribution < -0.4 is 10.1 Å². The topological polar surface area (TPSA) is 71.5 Å². The highest BCUT2D eigenvalue weighted by Gasteiger charge is 2.00. The van der Waals surface area contributed by atoms with Crippen molar-refractivity contribution in [1.82, 2.24) is 10.3 Å². The zero-order valence-electron chi connectivity index (χ0n) is 13.0. The maximum absolute atomic E-state index is 11.5. The van der Waals surface area contributed by atoms with Crippen LogP contribution in [0.15, 0.2) is 35.7 Å². The number of aliphatic hydroxyl groups excluding tert-OH is 1. The summed E-state index contributed by atoms with van der Waals surface area (Å²) in [4.78, 5) is 15.9. The van der Waals surface area contributed by atoms with E-state index in [0.29, 0.717) is 19.6 Å². The van der Waals surface area contributed by atoms with Crippen molar-refractivity contribution in [3.63, 3.8) is 0 Å². The van der Waals surface area contributed by atoms with Gasteiger partial charge in [0.2, 0.25) is 5.91 Å². The van der Waals surface area contributed by atoms with Crippen LogP contribution in [0.4, 0.5) is 0 Å². The summed E-state index contributed by atoms with van der Waals surface area (Å²) >= 11 is 1.61. The molecular formula is C17H20N2O3S. The molecule has 2 rings (SSSR count). The summed E-state index contributed by atoms with van der Waals surface area (Å²) in [7, 11) is 0. The molecule has 122 valence electrons. The molecule has 0 aliphatic heterocycles. The van der Waals surface area contributed by atoms with Crippen molar-refractivity contribution in [1.29, 1.82) is 0 Å². The normalized spacial score (nSPS) is 10.9. The minimum Gasteiger partial charge on any atom is -0.487 e. The minimum absolute atomic E-state index is 0.0753. The van der Waals surface area contributed by atoms with Crippen LogP contribution in [0.5, 0.6) is 5.75 Å². The van der Waals surface area contributed by atoms with Gasteiger partial charge in [0.05, 0.1) is 10.7 Å². The van der Waals surface area contributed by atoms with E-state index in [-0.39, 0.29) is 12.5 Å². The number of nitrogens with zero attached hydrogens (tertiary/aromatic N) is 1. The van der Waals surface area contributed by atoms with Gasteiger partial charge in [0.15, 0.2) is 0 Å². The molecule has 2 aromatic rings. The average molecular weight is 332 g/mol. The highest BCUT2D eigenvalue weighted by atomic mass is 32.1. The van der Waals surface area contributed by atoms with E-state index in [1.807, 2.05) is 36.6 Å². The first-order chi connectivity index (χ1) is 11.2. The SMILES string of the molecule is Cc1nc(COc2ccc(/C=C/C(=O)NCCCO)cc2)cs1. The predicted octanol–water partition coefficient (Wildman–Crippen LogP) is 2.54. The number of hydrogen-bond acceptors (Lipinski definition) is 5. The first-order valence-corrected chi connectivity index (χ1v) is 8.26. The molecule has 0 saturated carbocycles. The van der Waals surface area contributed by atoms with Gasteiger partial charge in [0.1, 0.15) is 12.4 Å². The lowest BCUT2D eigenvalue weighted by Crippen LogP contribution is -2.22. The van der Waals surface area contributed by atoms with Crippen LogP contribution >= 0.6 is 11.3 Å². The van der Waals surface area contributed by atoms with Gasteiger partial charge < -0.3 is 15.2 Å². The molecule has 1 amide bonds. The van der Waals surface area contributed by atoms with Crippen LogP contribution in [0.1, 0.15) is 22.7 Å². The monoisotopic (exact) mass is 332 g/mol. The molecule has 5 nitrogen and oxygen atoms in total. The van der Waals surface area contributed by atoms with E-state index in [1.165, 1.54) is 6.08 Å². The van der Waals surface area contributed by atoms with Crippen molar-refractivity contribution in [3.8, 4) is 5.75 Å². The number of ether oxygens (including phenoxy) is 1.